The van der Waals surface area contributed by atoms with E-state index in [2.05, 4.69) is 60.0 Å². The van der Waals surface area contributed by atoms with Crippen molar-refractivity contribution in [3.8, 4) is 0 Å². The van der Waals surface area contributed by atoms with E-state index in [0.29, 0.717) is 17.8 Å². The highest BCUT2D eigenvalue weighted by Gasteiger charge is 2.39. The molecule has 4 heteroatoms. The summed E-state index contributed by atoms with van der Waals surface area (Å²) in [7, 11) is 2.16. The van der Waals surface area contributed by atoms with Crippen LogP contribution >= 0.6 is 0 Å². The Kier molecular flexibility index (Phi) is 2.83. The maximum atomic E-state index is 4.44. The molecular weight excluding hydrogens is 272 g/mol. The van der Waals surface area contributed by atoms with Gasteiger partial charge >= 0.3 is 0 Å². The van der Waals surface area contributed by atoms with Gasteiger partial charge in [0.2, 0.25) is 0 Å². The van der Waals surface area contributed by atoms with Gasteiger partial charge in [0.1, 0.15) is 0 Å². The van der Waals surface area contributed by atoms with E-state index in [-0.39, 0.29) is 0 Å². The number of aromatic nitrogens is 3. The number of pyridine rings is 1. The summed E-state index contributed by atoms with van der Waals surface area (Å²) in [5.74, 6) is 1.02. The molecule has 0 fully saturated rings. The van der Waals surface area contributed by atoms with Crippen LogP contribution in [-0.4, -0.2) is 22.2 Å². The highest BCUT2D eigenvalue weighted by Crippen LogP contribution is 2.52. The lowest BCUT2D eigenvalue weighted by Crippen LogP contribution is -2.34. The molecule has 3 heterocycles. The van der Waals surface area contributed by atoms with Crippen molar-refractivity contribution in [1.29, 1.82) is 0 Å². The molecule has 2 aliphatic rings. The summed E-state index contributed by atoms with van der Waals surface area (Å²) in [6.45, 7) is 6.82. The van der Waals surface area contributed by atoms with Crippen molar-refractivity contribution in [2.45, 2.75) is 38.5 Å². The van der Waals surface area contributed by atoms with E-state index in [4.69, 9.17) is 0 Å². The van der Waals surface area contributed by atoms with Crippen LogP contribution < -0.4 is 4.90 Å². The molecule has 0 bridgehead atoms. The second-order valence-electron chi connectivity index (χ2n) is 6.37. The molecule has 2 aromatic heterocycles. The molecule has 0 N–H and O–H groups in total. The zero-order chi connectivity index (χ0) is 15.4. The van der Waals surface area contributed by atoms with Gasteiger partial charge in [-0.2, -0.15) is 10.2 Å². The topological polar surface area (TPSA) is 41.9 Å². The first kappa shape index (κ1) is 13.4. The van der Waals surface area contributed by atoms with E-state index >= 15 is 0 Å². The fraction of sp³-hybridized carbons (Fsp3) is 0.389. The van der Waals surface area contributed by atoms with Crippen molar-refractivity contribution in [1.82, 2.24) is 15.2 Å². The summed E-state index contributed by atoms with van der Waals surface area (Å²) in [4.78, 5) is 6.64. The fourth-order valence-corrected chi connectivity index (χ4v) is 4.24. The van der Waals surface area contributed by atoms with Gasteiger partial charge in [0.05, 0.1) is 17.6 Å². The molecule has 0 spiro atoms. The highest BCUT2D eigenvalue weighted by atomic mass is 15.1. The van der Waals surface area contributed by atoms with E-state index in [1.165, 1.54) is 28.1 Å². The normalized spacial score (nSPS) is 26.4. The van der Waals surface area contributed by atoms with Crippen LogP contribution in [-0.2, 0) is 0 Å². The van der Waals surface area contributed by atoms with Crippen LogP contribution in [0, 0.1) is 0 Å². The van der Waals surface area contributed by atoms with Crippen molar-refractivity contribution in [3.63, 3.8) is 0 Å². The smallest absolute Gasteiger partial charge is 0.0739 e. The number of nitrogens with zero attached hydrogens (tertiary/aromatic N) is 4. The predicted molar refractivity (Wildman–Crippen MR) is 86.9 cm³/mol. The summed E-state index contributed by atoms with van der Waals surface area (Å²) in [5.41, 5.74) is 7.88. The first-order valence-corrected chi connectivity index (χ1v) is 7.84. The number of likely N-dealkylation sites (N-methyl/N-ethyl adjacent to an activating group) is 1. The van der Waals surface area contributed by atoms with Crippen LogP contribution in [0.5, 0.6) is 0 Å². The Balaban J connectivity index is 1.96. The Morgan fingerprint density at radius 2 is 1.73 bits per heavy atom. The van der Waals surface area contributed by atoms with Crippen LogP contribution in [0.4, 0.5) is 5.69 Å². The van der Waals surface area contributed by atoms with Gasteiger partial charge in [0.25, 0.3) is 0 Å². The maximum absolute atomic E-state index is 4.44. The minimum atomic E-state index is 0.300. The van der Waals surface area contributed by atoms with Gasteiger partial charge in [-0.25, -0.2) is 0 Å². The number of fused-ring (bicyclic) bond motifs is 2. The monoisotopic (exact) mass is 292 g/mol. The van der Waals surface area contributed by atoms with E-state index < -0.39 is 0 Å². The molecule has 3 unspecified atom stereocenters. The molecule has 0 aromatic carbocycles. The minimum Gasteiger partial charge on any atom is -0.346 e. The third-order valence-electron chi connectivity index (χ3n) is 5.32. The second kappa shape index (κ2) is 4.63. The van der Waals surface area contributed by atoms with Gasteiger partial charge in [0, 0.05) is 42.9 Å². The van der Waals surface area contributed by atoms with Crippen molar-refractivity contribution in [2.24, 2.45) is 0 Å². The largest absolute Gasteiger partial charge is 0.346 e. The van der Waals surface area contributed by atoms with Gasteiger partial charge in [-0.05, 0) is 28.8 Å². The van der Waals surface area contributed by atoms with Crippen molar-refractivity contribution in [2.75, 3.05) is 11.9 Å². The fourth-order valence-electron chi connectivity index (χ4n) is 4.24. The molecular formula is C18H20N4. The molecule has 2 aromatic rings. The van der Waals surface area contributed by atoms with E-state index in [9.17, 15) is 0 Å². The highest BCUT2D eigenvalue weighted by molar-refractivity contribution is 5.67. The SMILES string of the molecule is CC1C2=C(C(C)c3ccnnc3C2C)N(C)c2cnccc21. The number of rotatable bonds is 0. The Morgan fingerprint density at radius 3 is 2.55 bits per heavy atom. The first-order chi connectivity index (χ1) is 10.6. The summed E-state index contributed by atoms with van der Waals surface area (Å²) in [5, 5.41) is 8.55. The standard InChI is InChI=1S/C18H20N4/c1-10-13-5-7-19-9-15(13)22(4)18-11(2)14-6-8-20-21-17(14)12(3)16(10)18/h5-12H,1-4H3. The van der Waals surface area contributed by atoms with Gasteiger partial charge < -0.3 is 4.90 Å². The van der Waals surface area contributed by atoms with Gasteiger partial charge in [-0.1, -0.05) is 20.8 Å². The third-order valence-corrected chi connectivity index (χ3v) is 5.32. The van der Waals surface area contributed by atoms with Gasteiger partial charge in [0.15, 0.2) is 0 Å². The minimum absolute atomic E-state index is 0.300. The third kappa shape index (κ3) is 1.61. The van der Waals surface area contributed by atoms with E-state index in [0.717, 1.165) is 5.69 Å². The number of anilines is 1. The van der Waals surface area contributed by atoms with Crippen LogP contribution in [0.3, 0.4) is 0 Å². The Bertz CT molecular complexity index is 653. The lowest BCUT2D eigenvalue weighted by Gasteiger charge is -2.43. The van der Waals surface area contributed by atoms with Crippen molar-refractivity contribution >= 4 is 5.69 Å². The molecule has 0 radical (unpaired) electrons. The maximum Gasteiger partial charge on any atom is 0.0739 e. The number of allylic oxidation sites excluding steroid dienone is 2. The zero-order valence-electron chi connectivity index (χ0n) is 13.4. The Hall–Kier alpha value is -2.23. The van der Waals surface area contributed by atoms with E-state index in [1.54, 1.807) is 6.20 Å². The van der Waals surface area contributed by atoms with Gasteiger partial charge in [-0.3, -0.25) is 4.98 Å². The second-order valence-corrected chi connectivity index (χ2v) is 6.37. The summed E-state index contributed by atoms with van der Waals surface area (Å²) >= 11 is 0. The molecule has 0 saturated heterocycles. The van der Waals surface area contributed by atoms with Crippen LogP contribution in [0.25, 0.3) is 0 Å². The molecule has 0 saturated carbocycles. The molecule has 112 valence electrons. The molecule has 4 nitrogen and oxygen atoms in total. The van der Waals surface area contributed by atoms with Crippen molar-refractivity contribution < 1.29 is 0 Å². The zero-order valence-corrected chi connectivity index (χ0v) is 13.4. The van der Waals surface area contributed by atoms with E-state index in [1.807, 2.05) is 12.4 Å². The Labute approximate surface area is 130 Å². The number of hydrogen-bond donors (Lipinski definition) is 0. The molecule has 1 aliphatic carbocycles. The lowest BCUT2D eigenvalue weighted by molar-refractivity contribution is 0.616. The summed E-state index contributed by atoms with van der Waals surface area (Å²) < 4.78 is 0. The van der Waals surface area contributed by atoms with Gasteiger partial charge in [-0.15, -0.1) is 0 Å². The average Bonchev–Trinajstić information content (AvgIpc) is 2.56. The lowest BCUT2D eigenvalue weighted by atomic mass is 9.71. The molecule has 22 heavy (non-hydrogen) atoms. The summed E-state index contributed by atoms with van der Waals surface area (Å²) in [6, 6.07) is 4.26. The molecule has 0 amide bonds. The predicted octanol–water partition coefficient (Wildman–Crippen LogP) is 3.60. The summed E-state index contributed by atoms with van der Waals surface area (Å²) in [6.07, 6.45) is 5.67. The molecule has 4 rings (SSSR count). The number of hydrogen-bond acceptors (Lipinski definition) is 4. The van der Waals surface area contributed by atoms with Crippen LogP contribution in [0.2, 0.25) is 0 Å². The Morgan fingerprint density at radius 1 is 0.955 bits per heavy atom. The van der Waals surface area contributed by atoms with Crippen molar-refractivity contribution in [3.05, 3.63) is 58.8 Å². The van der Waals surface area contributed by atoms with Crippen LogP contribution in [0.15, 0.2) is 42.0 Å². The first-order valence-electron chi connectivity index (χ1n) is 7.84. The molecule has 1 aliphatic heterocycles. The molecule has 3 atom stereocenters. The quantitative estimate of drug-likeness (QED) is 0.744. The average molecular weight is 292 g/mol. The van der Waals surface area contributed by atoms with Crippen LogP contribution in [0.1, 0.15) is 55.3 Å².